The number of thiazole rings is 1. The van der Waals surface area contributed by atoms with E-state index in [9.17, 15) is 4.79 Å². The Hall–Kier alpha value is -2.84. The van der Waals surface area contributed by atoms with Crippen LogP contribution in [0.4, 0.5) is 0 Å². The zero-order valence-electron chi connectivity index (χ0n) is 15.6. The summed E-state index contributed by atoms with van der Waals surface area (Å²) in [4.78, 5) is 13.5. The summed E-state index contributed by atoms with van der Waals surface area (Å²) in [5, 5.41) is 11.3. The van der Waals surface area contributed by atoms with E-state index in [1.807, 2.05) is 4.40 Å². The Bertz CT molecular complexity index is 1200. The van der Waals surface area contributed by atoms with Gasteiger partial charge in [0, 0.05) is 10.9 Å². The van der Waals surface area contributed by atoms with Crippen LogP contribution in [-0.4, -0.2) is 39.3 Å². The molecule has 0 saturated carbocycles. The number of benzene rings is 2. The monoisotopic (exact) mass is 423 g/mol. The first-order valence-electron chi connectivity index (χ1n) is 9.14. The van der Waals surface area contributed by atoms with Gasteiger partial charge in [0.15, 0.2) is 22.4 Å². The fraction of sp³-hybridized carbons (Fsp3) is 0.190. The molecule has 2 aromatic carbocycles. The second kappa shape index (κ2) is 7.53. The van der Waals surface area contributed by atoms with Crippen molar-refractivity contribution in [2.75, 3.05) is 19.0 Å². The average Bonchev–Trinajstić information content (AvgIpc) is 3.35. The molecule has 3 heterocycles. The van der Waals surface area contributed by atoms with Gasteiger partial charge in [0.2, 0.25) is 4.96 Å². The summed E-state index contributed by atoms with van der Waals surface area (Å²) in [5.74, 6) is 1.58. The van der Waals surface area contributed by atoms with Crippen molar-refractivity contribution in [3.63, 3.8) is 0 Å². The molecular weight excluding hydrogens is 406 g/mol. The van der Waals surface area contributed by atoms with Crippen molar-refractivity contribution in [1.29, 1.82) is 0 Å². The third-order valence-electron chi connectivity index (χ3n) is 4.66. The third kappa shape index (κ3) is 3.49. The lowest BCUT2D eigenvalue weighted by atomic mass is 10.1. The summed E-state index contributed by atoms with van der Waals surface area (Å²) in [6.45, 7) is 3.09. The fourth-order valence-corrected chi connectivity index (χ4v) is 4.88. The highest BCUT2D eigenvalue weighted by Gasteiger charge is 2.18. The number of rotatable bonds is 5. The minimum atomic E-state index is 0.0100. The van der Waals surface area contributed by atoms with Crippen LogP contribution in [0.3, 0.4) is 0 Å². The molecule has 5 rings (SSSR count). The molecule has 0 atom stereocenters. The largest absolute Gasteiger partial charge is 0.486 e. The standard InChI is InChI=1S/C21H17N3O3S2/c1-13-2-4-14(5-3-13)16-11-28-20-22-23-21(24(16)20)29-12-17(25)15-6-7-18-19(10-15)27-9-8-26-18/h2-7,10-11H,8-9,12H2,1H3. The predicted octanol–water partition coefficient (Wildman–Crippen LogP) is 4.51. The molecule has 8 heteroatoms. The van der Waals surface area contributed by atoms with Gasteiger partial charge in [0.25, 0.3) is 0 Å². The number of aryl methyl sites for hydroxylation is 1. The molecule has 0 aliphatic carbocycles. The third-order valence-corrected chi connectivity index (χ3v) is 6.41. The van der Waals surface area contributed by atoms with E-state index in [-0.39, 0.29) is 11.5 Å². The molecule has 0 unspecified atom stereocenters. The van der Waals surface area contributed by atoms with Crippen molar-refractivity contribution in [3.8, 4) is 22.8 Å². The van der Waals surface area contributed by atoms with Gasteiger partial charge < -0.3 is 9.47 Å². The number of aromatic nitrogens is 3. The Balaban J connectivity index is 1.38. The second-order valence-electron chi connectivity index (χ2n) is 6.66. The molecule has 0 fully saturated rings. The Labute approximate surface area is 175 Å². The first kappa shape index (κ1) is 18.2. The molecule has 1 aliphatic heterocycles. The first-order valence-corrected chi connectivity index (χ1v) is 11.0. The number of ketones is 1. The van der Waals surface area contributed by atoms with Crippen LogP contribution < -0.4 is 9.47 Å². The number of fused-ring (bicyclic) bond motifs is 2. The SMILES string of the molecule is Cc1ccc(-c2csc3nnc(SCC(=O)c4ccc5c(c4)OCCO5)n23)cc1. The summed E-state index contributed by atoms with van der Waals surface area (Å²) in [6.07, 6.45) is 0. The lowest BCUT2D eigenvalue weighted by molar-refractivity contribution is 0.102. The minimum absolute atomic E-state index is 0.0100. The van der Waals surface area contributed by atoms with Gasteiger partial charge in [-0.25, -0.2) is 0 Å². The molecular formula is C21H17N3O3S2. The van der Waals surface area contributed by atoms with Gasteiger partial charge in [0.05, 0.1) is 11.4 Å². The van der Waals surface area contributed by atoms with Crippen LogP contribution in [0.1, 0.15) is 15.9 Å². The lowest BCUT2D eigenvalue weighted by Crippen LogP contribution is -2.16. The molecule has 6 nitrogen and oxygen atoms in total. The molecule has 0 amide bonds. The summed E-state index contributed by atoms with van der Waals surface area (Å²) in [5.41, 5.74) is 3.95. The summed E-state index contributed by atoms with van der Waals surface area (Å²) in [6, 6.07) is 13.7. The number of Topliss-reactive ketones (excluding diaryl/α,β-unsaturated/α-hetero) is 1. The van der Waals surface area contributed by atoms with Crippen molar-refractivity contribution < 1.29 is 14.3 Å². The zero-order chi connectivity index (χ0) is 19.8. The van der Waals surface area contributed by atoms with Crippen molar-refractivity contribution in [2.45, 2.75) is 12.1 Å². The first-order chi connectivity index (χ1) is 14.2. The van der Waals surface area contributed by atoms with Crippen LogP contribution in [0.2, 0.25) is 0 Å². The van der Waals surface area contributed by atoms with E-state index in [4.69, 9.17) is 9.47 Å². The Kier molecular flexibility index (Phi) is 4.73. The van der Waals surface area contributed by atoms with Gasteiger partial charge in [-0.2, -0.15) is 0 Å². The van der Waals surface area contributed by atoms with E-state index in [0.717, 1.165) is 16.2 Å². The Morgan fingerprint density at radius 2 is 1.90 bits per heavy atom. The molecule has 2 aromatic heterocycles. The van der Waals surface area contributed by atoms with E-state index in [2.05, 4.69) is 46.8 Å². The average molecular weight is 424 g/mol. The van der Waals surface area contributed by atoms with Gasteiger partial charge >= 0.3 is 0 Å². The van der Waals surface area contributed by atoms with Crippen LogP contribution in [0.5, 0.6) is 11.5 Å². The van der Waals surface area contributed by atoms with Gasteiger partial charge in [-0.1, -0.05) is 41.6 Å². The highest BCUT2D eigenvalue weighted by molar-refractivity contribution is 7.99. The number of carbonyl (C=O) groups excluding carboxylic acids is 1. The summed E-state index contributed by atoms with van der Waals surface area (Å²) in [7, 11) is 0. The van der Waals surface area contributed by atoms with Crippen LogP contribution in [-0.2, 0) is 0 Å². The number of nitrogens with zero attached hydrogens (tertiary/aromatic N) is 3. The maximum absolute atomic E-state index is 12.7. The van der Waals surface area contributed by atoms with E-state index in [0.29, 0.717) is 35.4 Å². The summed E-state index contributed by atoms with van der Waals surface area (Å²) < 4.78 is 13.1. The highest BCUT2D eigenvalue weighted by Crippen LogP contribution is 2.33. The fourth-order valence-electron chi connectivity index (χ4n) is 3.15. The van der Waals surface area contributed by atoms with Crippen molar-refractivity contribution in [1.82, 2.24) is 14.6 Å². The van der Waals surface area contributed by atoms with Crippen molar-refractivity contribution in [2.24, 2.45) is 0 Å². The number of ether oxygens (including phenoxy) is 2. The molecule has 0 N–H and O–H groups in total. The molecule has 0 bridgehead atoms. The van der Waals surface area contributed by atoms with E-state index >= 15 is 0 Å². The maximum atomic E-state index is 12.7. The summed E-state index contributed by atoms with van der Waals surface area (Å²) >= 11 is 2.93. The molecule has 1 aliphatic rings. The van der Waals surface area contributed by atoms with Crippen LogP contribution >= 0.6 is 23.1 Å². The second-order valence-corrected chi connectivity index (χ2v) is 8.44. The minimum Gasteiger partial charge on any atom is -0.486 e. The number of thioether (sulfide) groups is 1. The van der Waals surface area contributed by atoms with Crippen LogP contribution in [0.15, 0.2) is 53.0 Å². The number of carbonyl (C=O) groups is 1. The maximum Gasteiger partial charge on any atom is 0.217 e. The van der Waals surface area contributed by atoms with Crippen molar-refractivity contribution in [3.05, 3.63) is 59.0 Å². The molecule has 146 valence electrons. The number of hydrogen-bond acceptors (Lipinski definition) is 7. The van der Waals surface area contributed by atoms with Crippen LogP contribution in [0, 0.1) is 6.92 Å². The van der Waals surface area contributed by atoms with Gasteiger partial charge in [-0.05, 0) is 30.7 Å². The van der Waals surface area contributed by atoms with Gasteiger partial charge in [-0.15, -0.1) is 21.5 Å². The highest BCUT2D eigenvalue weighted by atomic mass is 32.2. The molecule has 4 aromatic rings. The Morgan fingerprint density at radius 1 is 1.10 bits per heavy atom. The smallest absolute Gasteiger partial charge is 0.217 e. The quantitative estimate of drug-likeness (QED) is 0.348. The Morgan fingerprint density at radius 3 is 2.72 bits per heavy atom. The van der Waals surface area contributed by atoms with Crippen LogP contribution in [0.25, 0.3) is 16.2 Å². The molecule has 0 saturated heterocycles. The van der Waals surface area contributed by atoms with E-state index < -0.39 is 0 Å². The molecule has 0 spiro atoms. The molecule has 0 radical (unpaired) electrons. The van der Waals surface area contributed by atoms with E-state index in [1.165, 1.54) is 17.3 Å². The normalized spacial score (nSPS) is 13.0. The van der Waals surface area contributed by atoms with Gasteiger partial charge in [-0.3, -0.25) is 9.20 Å². The lowest BCUT2D eigenvalue weighted by Gasteiger charge is -2.18. The topological polar surface area (TPSA) is 65.7 Å². The van der Waals surface area contributed by atoms with Gasteiger partial charge in [0.1, 0.15) is 13.2 Å². The van der Waals surface area contributed by atoms with Crippen molar-refractivity contribution >= 4 is 33.8 Å². The number of hydrogen-bond donors (Lipinski definition) is 0. The zero-order valence-corrected chi connectivity index (χ0v) is 17.3. The predicted molar refractivity (Wildman–Crippen MR) is 114 cm³/mol. The molecule has 29 heavy (non-hydrogen) atoms. The van der Waals surface area contributed by atoms with E-state index in [1.54, 1.807) is 29.5 Å².